The Labute approximate surface area is 137 Å². The fourth-order valence-corrected chi connectivity index (χ4v) is 3.17. The Hall–Kier alpha value is -2.74. The van der Waals surface area contributed by atoms with Crippen LogP contribution in [0.3, 0.4) is 0 Å². The minimum absolute atomic E-state index is 0.146. The van der Waals surface area contributed by atoms with Gasteiger partial charge in [-0.2, -0.15) is 0 Å². The molecule has 4 rings (SSSR count). The van der Waals surface area contributed by atoms with E-state index in [2.05, 4.69) is 96.0 Å². The normalized spacial score (nSPS) is 16.6. The number of fused-ring (bicyclic) bond motifs is 1. The van der Waals surface area contributed by atoms with Crippen molar-refractivity contribution in [3.05, 3.63) is 95.6 Å². The van der Waals surface area contributed by atoms with E-state index in [4.69, 9.17) is 0 Å². The standard InChI is InChI=1S/C21H20N2/c1-16-11-13-17(14-12-16)21-22-20-10-6-5-7-18(20)15-23(21)19-8-3-2-4-9-19/h2-14,21-22H,15H2,1H3. The highest BCUT2D eigenvalue weighted by Gasteiger charge is 2.26. The lowest BCUT2D eigenvalue weighted by atomic mass is 10.0. The summed E-state index contributed by atoms with van der Waals surface area (Å²) in [5, 5.41) is 3.71. The van der Waals surface area contributed by atoms with Crippen molar-refractivity contribution < 1.29 is 0 Å². The minimum Gasteiger partial charge on any atom is -0.361 e. The number of nitrogens with one attached hydrogen (secondary N) is 1. The van der Waals surface area contributed by atoms with Gasteiger partial charge in [0, 0.05) is 17.9 Å². The van der Waals surface area contributed by atoms with Crippen molar-refractivity contribution in [2.24, 2.45) is 0 Å². The smallest absolute Gasteiger partial charge is 0.126 e. The number of hydrogen-bond acceptors (Lipinski definition) is 2. The van der Waals surface area contributed by atoms with Crippen LogP contribution in [0.2, 0.25) is 0 Å². The molecule has 3 aromatic carbocycles. The van der Waals surface area contributed by atoms with Crippen molar-refractivity contribution in [1.29, 1.82) is 0 Å². The average Bonchev–Trinajstić information content (AvgIpc) is 2.62. The predicted octanol–water partition coefficient (Wildman–Crippen LogP) is 5.13. The van der Waals surface area contributed by atoms with E-state index < -0.39 is 0 Å². The third-order valence-electron chi connectivity index (χ3n) is 4.44. The maximum absolute atomic E-state index is 3.71. The van der Waals surface area contributed by atoms with Crippen molar-refractivity contribution in [3.63, 3.8) is 0 Å². The summed E-state index contributed by atoms with van der Waals surface area (Å²) in [4.78, 5) is 2.42. The van der Waals surface area contributed by atoms with Crippen LogP contribution >= 0.6 is 0 Å². The van der Waals surface area contributed by atoms with Crippen LogP contribution in [0.1, 0.15) is 22.9 Å². The monoisotopic (exact) mass is 300 g/mol. The van der Waals surface area contributed by atoms with E-state index in [1.54, 1.807) is 0 Å². The molecule has 114 valence electrons. The second-order valence-electron chi connectivity index (χ2n) is 6.08. The molecular weight excluding hydrogens is 280 g/mol. The summed E-state index contributed by atoms with van der Waals surface area (Å²) in [5.74, 6) is 0. The topological polar surface area (TPSA) is 15.3 Å². The SMILES string of the molecule is Cc1ccc(C2Nc3ccccc3CN2c2ccccc2)cc1. The van der Waals surface area contributed by atoms with Gasteiger partial charge in [-0.25, -0.2) is 0 Å². The number of anilines is 2. The van der Waals surface area contributed by atoms with Gasteiger partial charge in [-0.15, -0.1) is 0 Å². The first-order valence-corrected chi connectivity index (χ1v) is 8.04. The van der Waals surface area contributed by atoms with Crippen molar-refractivity contribution in [2.75, 3.05) is 10.2 Å². The van der Waals surface area contributed by atoms with Gasteiger partial charge >= 0.3 is 0 Å². The Morgan fingerprint density at radius 2 is 1.52 bits per heavy atom. The third-order valence-corrected chi connectivity index (χ3v) is 4.44. The Balaban J connectivity index is 1.78. The van der Waals surface area contributed by atoms with Crippen LogP contribution in [0.4, 0.5) is 11.4 Å². The molecule has 1 heterocycles. The van der Waals surface area contributed by atoms with Crippen LogP contribution in [0.15, 0.2) is 78.9 Å². The van der Waals surface area contributed by atoms with Gasteiger partial charge in [-0.05, 0) is 36.2 Å². The molecule has 0 saturated carbocycles. The maximum Gasteiger partial charge on any atom is 0.126 e. The molecule has 1 unspecified atom stereocenters. The lowest BCUT2D eigenvalue weighted by Gasteiger charge is -2.40. The lowest BCUT2D eigenvalue weighted by molar-refractivity contribution is 0.658. The summed E-state index contributed by atoms with van der Waals surface area (Å²) >= 11 is 0. The quantitative estimate of drug-likeness (QED) is 0.706. The van der Waals surface area contributed by atoms with Crippen LogP contribution in [0.25, 0.3) is 0 Å². The number of para-hydroxylation sites is 2. The zero-order valence-corrected chi connectivity index (χ0v) is 13.2. The molecule has 1 N–H and O–H groups in total. The minimum atomic E-state index is 0.146. The van der Waals surface area contributed by atoms with Crippen LogP contribution in [0, 0.1) is 6.92 Å². The molecule has 23 heavy (non-hydrogen) atoms. The van der Waals surface area contributed by atoms with E-state index >= 15 is 0 Å². The lowest BCUT2D eigenvalue weighted by Crippen LogP contribution is -2.37. The van der Waals surface area contributed by atoms with E-state index in [9.17, 15) is 0 Å². The van der Waals surface area contributed by atoms with Crippen molar-refractivity contribution in [2.45, 2.75) is 19.6 Å². The molecule has 0 bridgehead atoms. The zero-order valence-electron chi connectivity index (χ0n) is 13.2. The number of benzene rings is 3. The molecule has 2 heteroatoms. The first-order chi connectivity index (χ1) is 11.3. The third kappa shape index (κ3) is 2.68. The highest BCUT2D eigenvalue weighted by atomic mass is 15.3. The molecule has 0 aromatic heterocycles. The summed E-state index contributed by atoms with van der Waals surface area (Å²) in [5.41, 5.74) is 6.37. The summed E-state index contributed by atoms with van der Waals surface area (Å²) in [6.45, 7) is 3.04. The number of rotatable bonds is 2. The van der Waals surface area contributed by atoms with Crippen LogP contribution in [-0.4, -0.2) is 0 Å². The summed E-state index contributed by atoms with van der Waals surface area (Å²) in [7, 11) is 0. The molecule has 0 saturated heterocycles. The molecule has 1 aliphatic rings. The molecular formula is C21H20N2. The van der Waals surface area contributed by atoms with Gasteiger partial charge in [-0.3, -0.25) is 0 Å². The largest absolute Gasteiger partial charge is 0.361 e. The van der Waals surface area contributed by atoms with Gasteiger partial charge in [0.25, 0.3) is 0 Å². The van der Waals surface area contributed by atoms with E-state index in [1.807, 2.05) is 0 Å². The average molecular weight is 300 g/mol. The van der Waals surface area contributed by atoms with Crippen molar-refractivity contribution >= 4 is 11.4 Å². The molecule has 1 aliphatic heterocycles. The van der Waals surface area contributed by atoms with Crippen LogP contribution < -0.4 is 10.2 Å². The number of nitrogens with zero attached hydrogens (tertiary/aromatic N) is 1. The van der Waals surface area contributed by atoms with Gasteiger partial charge in [0.05, 0.1) is 0 Å². The number of hydrogen-bond donors (Lipinski definition) is 1. The van der Waals surface area contributed by atoms with Crippen molar-refractivity contribution in [3.8, 4) is 0 Å². The fourth-order valence-electron chi connectivity index (χ4n) is 3.17. The Morgan fingerprint density at radius 1 is 0.826 bits per heavy atom. The first kappa shape index (κ1) is 13.9. The zero-order chi connectivity index (χ0) is 15.6. The van der Waals surface area contributed by atoms with E-state index in [0.717, 1.165) is 6.54 Å². The van der Waals surface area contributed by atoms with Crippen molar-refractivity contribution in [1.82, 2.24) is 0 Å². The summed E-state index contributed by atoms with van der Waals surface area (Å²) in [6, 6.07) is 28.0. The number of aryl methyl sites for hydroxylation is 1. The second kappa shape index (κ2) is 5.81. The molecule has 2 nitrogen and oxygen atoms in total. The van der Waals surface area contributed by atoms with Crippen LogP contribution in [0.5, 0.6) is 0 Å². The van der Waals surface area contributed by atoms with Gasteiger partial charge < -0.3 is 10.2 Å². The molecule has 3 aromatic rings. The van der Waals surface area contributed by atoms with E-state index in [0.29, 0.717) is 0 Å². The fraction of sp³-hybridized carbons (Fsp3) is 0.143. The van der Waals surface area contributed by atoms with E-state index in [-0.39, 0.29) is 6.17 Å². The molecule has 0 aliphatic carbocycles. The summed E-state index contributed by atoms with van der Waals surface area (Å²) < 4.78 is 0. The summed E-state index contributed by atoms with van der Waals surface area (Å²) in [6.07, 6.45) is 0.146. The predicted molar refractivity (Wildman–Crippen MR) is 96.6 cm³/mol. The van der Waals surface area contributed by atoms with Gasteiger partial charge in [0.15, 0.2) is 0 Å². The molecule has 0 amide bonds. The van der Waals surface area contributed by atoms with Gasteiger partial charge in [-0.1, -0.05) is 66.2 Å². The maximum atomic E-state index is 3.71. The molecule has 1 atom stereocenters. The molecule has 0 radical (unpaired) electrons. The van der Waals surface area contributed by atoms with E-state index in [1.165, 1.54) is 28.1 Å². The van der Waals surface area contributed by atoms with Gasteiger partial charge in [0.2, 0.25) is 0 Å². The second-order valence-corrected chi connectivity index (χ2v) is 6.08. The highest BCUT2D eigenvalue weighted by Crippen LogP contribution is 2.36. The molecule has 0 spiro atoms. The Kier molecular flexibility index (Phi) is 3.51. The molecule has 0 fully saturated rings. The Morgan fingerprint density at radius 3 is 2.30 bits per heavy atom. The van der Waals surface area contributed by atoms with Gasteiger partial charge in [0.1, 0.15) is 6.17 Å². The first-order valence-electron chi connectivity index (χ1n) is 8.04. The van der Waals surface area contributed by atoms with Crippen LogP contribution in [-0.2, 0) is 6.54 Å². The highest BCUT2D eigenvalue weighted by molar-refractivity contribution is 5.62. The Bertz CT molecular complexity index is 794.